The molecule has 0 fully saturated rings. The molecule has 1 aromatic carbocycles. The molecule has 0 aromatic heterocycles. The monoisotopic (exact) mass is 269 g/mol. The minimum absolute atomic E-state index is 0.0281. The van der Waals surface area contributed by atoms with Crippen molar-refractivity contribution in [2.24, 2.45) is 0 Å². The highest BCUT2D eigenvalue weighted by atomic mass is 19.3. The maximum atomic E-state index is 12.9. The molecule has 1 rings (SSSR count). The van der Waals surface area contributed by atoms with Crippen LogP contribution in [-0.2, 0) is 16.0 Å². The Morgan fingerprint density at radius 2 is 2.16 bits per heavy atom. The Bertz CT molecular complexity index is 509. The van der Waals surface area contributed by atoms with E-state index in [2.05, 4.69) is 0 Å². The van der Waals surface area contributed by atoms with E-state index in [4.69, 9.17) is 14.7 Å². The van der Waals surface area contributed by atoms with E-state index in [0.29, 0.717) is 5.56 Å². The quantitative estimate of drug-likeness (QED) is 0.771. The first-order valence-electron chi connectivity index (χ1n) is 5.58. The zero-order valence-electron chi connectivity index (χ0n) is 10.6. The second kappa shape index (κ2) is 6.69. The molecule has 0 amide bonds. The fourth-order valence-corrected chi connectivity index (χ4v) is 1.67. The van der Waals surface area contributed by atoms with Gasteiger partial charge in [0.05, 0.1) is 31.3 Å². The van der Waals surface area contributed by atoms with Gasteiger partial charge in [0.25, 0.3) is 6.43 Å². The van der Waals surface area contributed by atoms with Gasteiger partial charge in [0.1, 0.15) is 11.8 Å². The first-order valence-corrected chi connectivity index (χ1v) is 5.58. The predicted molar refractivity (Wildman–Crippen MR) is 63.0 cm³/mol. The van der Waals surface area contributed by atoms with Crippen LogP contribution >= 0.6 is 0 Å². The van der Waals surface area contributed by atoms with Gasteiger partial charge in [-0.15, -0.1) is 0 Å². The van der Waals surface area contributed by atoms with Gasteiger partial charge in [0.15, 0.2) is 0 Å². The molecule has 0 spiro atoms. The highest BCUT2D eigenvalue weighted by Gasteiger charge is 2.20. The molecule has 4 nitrogen and oxygen atoms in total. The van der Waals surface area contributed by atoms with Gasteiger partial charge < -0.3 is 9.47 Å². The van der Waals surface area contributed by atoms with Crippen molar-refractivity contribution in [2.75, 3.05) is 13.7 Å². The Labute approximate surface area is 109 Å². The fraction of sp³-hybridized carbons (Fsp3) is 0.385. The van der Waals surface area contributed by atoms with Crippen molar-refractivity contribution in [1.82, 2.24) is 0 Å². The second-order valence-electron chi connectivity index (χ2n) is 3.66. The van der Waals surface area contributed by atoms with Gasteiger partial charge in [-0.2, -0.15) is 5.26 Å². The van der Waals surface area contributed by atoms with Crippen LogP contribution in [0.2, 0.25) is 0 Å². The third-order valence-corrected chi connectivity index (χ3v) is 2.39. The summed E-state index contributed by atoms with van der Waals surface area (Å²) in [5.74, 6) is -0.693. The van der Waals surface area contributed by atoms with Crippen LogP contribution in [0.3, 0.4) is 0 Å². The molecule has 0 heterocycles. The maximum Gasteiger partial charge on any atom is 0.310 e. The summed E-state index contributed by atoms with van der Waals surface area (Å²) in [4.78, 5) is 11.3. The Kier molecular flexibility index (Phi) is 5.24. The largest absolute Gasteiger partial charge is 0.495 e. The molecule has 0 aliphatic carbocycles. The SMILES string of the molecule is CCOC(=O)Cc1cc(C#N)c(OC)c(C(F)F)c1. The van der Waals surface area contributed by atoms with Crippen molar-refractivity contribution in [3.63, 3.8) is 0 Å². The van der Waals surface area contributed by atoms with Crippen LogP contribution in [0, 0.1) is 11.3 Å². The lowest BCUT2D eigenvalue weighted by molar-refractivity contribution is -0.142. The minimum atomic E-state index is -2.79. The standard InChI is InChI=1S/C13H13F2NO3/c1-3-19-11(17)6-8-4-9(7-16)12(18-2)10(5-8)13(14)15/h4-5,13H,3,6H2,1-2H3. The van der Waals surface area contributed by atoms with Gasteiger partial charge in [-0.25, -0.2) is 8.78 Å². The van der Waals surface area contributed by atoms with Crippen molar-refractivity contribution in [3.05, 3.63) is 28.8 Å². The van der Waals surface area contributed by atoms with Gasteiger partial charge in [-0.05, 0) is 24.6 Å². The normalized spacial score (nSPS) is 10.1. The number of halogens is 2. The van der Waals surface area contributed by atoms with Crippen molar-refractivity contribution >= 4 is 5.97 Å². The first kappa shape index (κ1) is 14.9. The van der Waals surface area contributed by atoms with Crippen LogP contribution in [0.25, 0.3) is 0 Å². The number of carbonyl (C=O) groups is 1. The van der Waals surface area contributed by atoms with E-state index in [9.17, 15) is 13.6 Å². The highest BCUT2D eigenvalue weighted by molar-refractivity contribution is 5.73. The lowest BCUT2D eigenvalue weighted by atomic mass is 10.0. The van der Waals surface area contributed by atoms with E-state index in [-0.39, 0.29) is 24.3 Å². The van der Waals surface area contributed by atoms with Crippen LogP contribution in [0.15, 0.2) is 12.1 Å². The molecule has 1 aromatic rings. The molecule has 0 saturated carbocycles. The molecule has 0 aliphatic heterocycles. The molecule has 0 radical (unpaired) electrons. The average Bonchev–Trinajstić information content (AvgIpc) is 2.37. The lowest BCUT2D eigenvalue weighted by Crippen LogP contribution is -2.08. The number of alkyl halides is 2. The number of esters is 1. The molecule has 19 heavy (non-hydrogen) atoms. The van der Waals surface area contributed by atoms with Gasteiger partial charge >= 0.3 is 5.97 Å². The van der Waals surface area contributed by atoms with Gasteiger partial charge in [0, 0.05) is 0 Å². The van der Waals surface area contributed by atoms with E-state index in [0.717, 1.165) is 6.07 Å². The second-order valence-corrected chi connectivity index (χ2v) is 3.66. The smallest absolute Gasteiger partial charge is 0.310 e. The molecular weight excluding hydrogens is 256 g/mol. The first-order chi connectivity index (χ1) is 9.03. The van der Waals surface area contributed by atoms with Crippen molar-refractivity contribution in [2.45, 2.75) is 19.8 Å². The molecule has 102 valence electrons. The Hall–Kier alpha value is -2.16. The fourth-order valence-electron chi connectivity index (χ4n) is 1.67. The van der Waals surface area contributed by atoms with Crippen LogP contribution in [0.1, 0.15) is 30.0 Å². The summed E-state index contributed by atoms with van der Waals surface area (Å²) in [6.45, 7) is 1.86. The zero-order valence-corrected chi connectivity index (χ0v) is 10.6. The Morgan fingerprint density at radius 1 is 1.47 bits per heavy atom. The van der Waals surface area contributed by atoms with Gasteiger partial charge in [-0.3, -0.25) is 4.79 Å². The molecule has 0 bridgehead atoms. The van der Waals surface area contributed by atoms with Crippen LogP contribution < -0.4 is 4.74 Å². The average molecular weight is 269 g/mol. The molecule has 0 N–H and O–H groups in total. The number of benzene rings is 1. The number of nitriles is 1. The summed E-state index contributed by atoms with van der Waals surface area (Å²) in [6.07, 6.45) is -2.95. The van der Waals surface area contributed by atoms with Crippen LogP contribution in [-0.4, -0.2) is 19.7 Å². The van der Waals surface area contributed by atoms with Crippen LogP contribution in [0.4, 0.5) is 8.78 Å². The molecule has 0 unspecified atom stereocenters. The van der Waals surface area contributed by atoms with Crippen molar-refractivity contribution < 1.29 is 23.0 Å². The van der Waals surface area contributed by atoms with E-state index in [1.807, 2.05) is 0 Å². The summed E-state index contributed by atoms with van der Waals surface area (Å²) in [5.41, 5.74) is -0.133. The van der Waals surface area contributed by atoms with Gasteiger partial charge in [-0.1, -0.05) is 0 Å². The highest BCUT2D eigenvalue weighted by Crippen LogP contribution is 2.33. The Morgan fingerprint density at radius 3 is 2.63 bits per heavy atom. The maximum absolute atomic E-state index is 12.9. The summed E-state index contributed by atoms with van der Waals surface area (Å²) in [7, 11) is 1.22. The third kappa shape index (κ3) is 3.65. The lowest BCUT2D eigenvalue weighted by Gasteiger charge is -2.12. The van der Waals surface area contributed by atoms with Crippen LogP contribution in [0.5, 0.6) is 5.75 Å². The number of hydrogen-bond acceptors (Lipinski definition) is 4. The molecule has 6 heteroatoms. The summed E-state index contributed by atoms with van der Waals surface area (Å²) >= 11 is 0. The Balaban J connectivity index is 3.18. The summed E-state index contributed by atoms with van der Waals surface area (Å²) in [5, 5.41) is 8.93. The van der Waals surface area contributed by atoms with Gasteiger partial charge in [0.2, 0.25) is 0 Å². The predicted octanol–water partition coefficient (Wildman–Crippen LogP) is 2.61. The summed E-state index contributed by atoms with van der Waals surface area (Å²) in [6, 6.07) is 4.28. The van der Waals surface area contributed by atoms with Crippen molar-refractivity contribution in [1.29, 1.82) is 5.26 Å². The number of methoxy groups -OCH3 is 1. The topological polar surface area (TPSA) is 59.3 Å². The molecule has 0 atom stereocenters. The minimum Gasteiger partial charge on any atom is -0.495 e. The molecular formula is C13H13F2NO3. The number of rotatable bonds is 5. The third-order valence-electron chi connectivity index (χ3n) is 2.39. The van der Waals surface area contributed by atoms with Crippen molar-refractivity contribution in [3.8, 4) is 11.8 Å². The molecule has 0 saturated heterocycles. The number of hydrogen-bond donors (Lipinski definition) is 0. The summed E-state index contributed by atoms with van der Waals surface area (Å²) < 4.78 is 35.3. The van der Waals surface area contributed by atoms with E-state index in [1.165, 1.54) is 13.2 Å². The van der Waals surface area contributed by atoms with E-state index >= 15 is 0 Å². The van der Waals surface area contributed by atoms with E-state index < -0.39 is 18.0 Å². The zero-order chi connectivity index (χ0) is 14.4. The van der Waals surface area contributed by atoms with E-state index in [1.54, 1.807) is 13.0 Å². The number of nitrogens with zero attached hydrogens (tertiary/aromatic N) is 1. The molecule has 0 aliphatic rings. The number of ether oxygens (including phenoxy) is 2. The number of carbonyl (C=O) groups excluding carboxylic acids is 1.